The van der Waals surface area contributed by atoms with Crippen LogP contribution < -0.4 is 5.32 Å². The fraction of sp³-hybridized carbons (Fsp3) is 0.333. The Bertz CT molecular complexity index is 806. The largest absolute Gasteiger partial charge is 0.452 e. The fourth-order valence-electron chi connectivity index (χ4n) is 2.64. The van der Waals surface area contributed by atoms with Crippen molar-refractivity contribution in [3.8, 4) is 0 Å². The quantitative estimate of drug-likeness (QED) is 0.695. The van der Waals surface area contributed by atoms with Crippen molar-refractivity contribution in [1.29, 1.82) is 0 Å². The lowest BCUT2D eigenvalue weighted by Gasteiger charge is -2.15. The number of benzene rings is 2. The van der Waals surface area contributed by atoms with Crippen LogP contribution in [0.2, 0.25) is 5.02 Å². The Morgan fingerprint density at radius 2 is 1.78 bits per heavy atom. The molecule has 0 aliphatic carbocycles. The number of halogens is 2. The smallest absolute Gasteiger partial charge is 0.340 e. The van der Waals surface area contributed by atoms with Gasteiger partial charge in [0.1, 0.15) is 5.82 Å². The van der Waals surface area contributed by atoms with Gasteiger partial charge in [-0.25, -0.2) is 9.18 Å². The van der Waals surface area contributed by atoms with Gasteiger partial charge in [0, 0.05) is 0 Å². The van der Waals surface area contributed by atoms with Gasteiger partial charge in [-0.3, -0.25) is 4.79 Å². The molecular formula is C21H23ClFNO3. The number of nitrogens with one attached hydrogen (secondary N) is 1. The van der Waals surface area contributed by atoms with Gasteiger partial charge in [0.05, 0.1) is 16.6 Å². The zero-order valence-electron chi connectivity index (χ0n) is 15.6. The van der Waals surface area contributed by atoms with Gasteiger partial charge in [-0.15, -0.1) is 0 Å². The minimum Gasteiger partial charge on any atom is -0.452 e. The monoisotopic (exact) mass is 391 g/mol. The molecule has 0 radical (unpaired) electrons. The second-order valence-electron chi connectivity index (χ2n) is 6.83. The third-order valence-electron chi connectivity index (χ3n) is 3.99. The van der Waals surface area contributed by atoms with Crippen LogP contribution in [0.25, 0.3) is 0 Å². The second kappa shape index (κ2) is 9.51. The molecule has 27 heavy (non-hydrogen) atoms. The maximum absolute atomic E-state index is 13.0. The lowest BCUT2D eigenvalue weighted by molar-refractivity contribution is -0.124. The molecule has 0 fully saturated rings. The predicted molar refractivity (Wildman–Crippen MR) is 103 cm³/mol. The van der Waals surface area contributed by atoms with Gasteiger partial charge in [0.2, 0.25) is 0 Å². The average Bonchev–Trinajstić information content (AvgIpc) is 2.59. The van der Waals surface area contributed by atoms with Gasteiger partial charge >= 0.3 is 5.97 Å². The molecule has 2 aromatic rings. The number of ether oxygens (including phenoxy) is 1. The molecule has 6 heteroatoms. The zero-order chi connectivity index (χ0) is 20.0. The molecule has 0 unspecified atom stereocenters. The number of hydrogen-bond acceptors (Lipinski definition) is 3. The van der Waals surface area contributed by atoms with E-state index in [0.29, 0.717) is 5.92 Å². The van der Waals surface area contributed by atoms with Crippen molar-refractivity contribution < 1.29 is 18.7 Å². The summed E-state index contributed by atoms with van der Waals surface area (Å²) in [6.07, 6.45) is 1.00. The van der Waals surface area contributed by atoms with E-state index in [1.807, 2.05) is 19.1 Å². The predicted octanol–water partition coefficient (Wildman–Crippen LogP) is 4.71. The van der Waals surface area contributed by atoms with Crippen molar-refractivity contribution in [3.05, 3.63) is 70.0 Å². The molecule has 0 spiro atoms. The lowest BCUT2D eigenvalue weighted by atomic mass is 10.00. The minimum absolute atomic E-state index is 0.0136. The van der Waals surface area contributed by atoms with Gasteiger partial charge in [-0.05, 0) is 48.6 Å². The standard InChI is InChI=1S/C21H23ClFNO3/c1-13(2)10-15-4-6-16(7-5-15)14(3)24-20(25)12-27-21(26)18-9-8-17(23)11-19(18)22/h4-9,11,13-14H,10,12H2,1-3H3,(H,24,25)/t14-/m0/s1. The van der Waals surface area contributed by atoms with Crippen LogP contribution in [-0.4, -0.2) is 18.5 Å². The molecule has 1 atom stereocenters. The Morgan fingerprint density at radius 1 is 1.11 bits per heavy atom. The Balaban J connectivity index is 1.86. The molecule has 1 N–H and O–H groups in total. The third-order valence-corrected chi connectivity index (χ3v) is 4.30. The van der Waals surface area contributed by atoms with E-state index in [1.54, 1.807) is 0 Å². The summed E-state index contributed by atoms with van der Waals surface area (Å²) in [5.41, 5.74) is 2.22. The summed E-state index contributed by atoms with van der Waals surface area (Å²) in [7, 11) is 0. The SMILES string of the molecule is CC(C)Cc1ccc([C@H](C)NC(=O)COC(=O)c2ccc(F)cc2Cl)cc1. The van der Waals surface area contributed by atoms with Crippen molar-refractivity contribution in [1.82, 2.24) is 5.32 Å². The molecule has 0 aliphatic heterocycles. The number of esters is 1. The van der Waals surface area contributed by atoms with Gasteiger partial charge in [0.15, 0.2) is 6.61 Å². The minimum atomic E-state index is -0.777. The van der Waals surface area contributed by atoms with Crippen LogP contribution in [0.4, 0.5) is 4.39 Å². The van der Waals surface area contributed by atoms with E-state index >= 15 is 0 Å². The normalized spacial score (nSPS) is 11.9. The number of hydrogen-bond donors (Lipinski definition) is 1. The van der Waals surface area contributed by atoms with Crippen LogP contribution in [0.3, 0.4) is 0 Å². The van der Waals surface area contributed by atoms with E-state index in [2.05, 4.69) is 31.3 Å². The van der Waals surface area contributed by atoms with E-state index in [-0.39, 0.29) is 16.6 Å². The molecule has 2 aromatic carbocycles. The summed E-state index contributed by atoms with van der Waals surface area (Å²) in [6.45, 7) is 5.74. The second-order valence-corrected chi connectivity index (χ2v) is 7.24. The maximum Gasteiger partial charge on any atom is 0.340 e. The highest BCUT2D eigenvalue weighted by molar-refractivity contribution is 6.33. The van der Waals surface area contributed by atoms with E-state index in [0.717, 1.165) is 24.1 Å². The molecule has 0 saturated heterocycles. The first-order valence-corrected chi connectivity index (χ1v) is 9.14. The first kappa shape index (κ1) is 20.9. The van der Waals surface area contributed by atoms with Crippen molar-refractivity contribution in [2.75, 3.05) is 6.61 Å². The topological polar surface area (TPSA) is 55.4 Å². The summed E-state index contributed by atoms with van der Waals surface area (Å²) in [4.78, 5) is 24.0. The summed E-state index contributed by atoms with van der Waals surface area (Å²) in [5.74, 6) is -1.18. The van der Waals surface area contributed by atoms with Gasteiger partial charge in [0.25, 0.3) is 5.91 Å². The molecule has 1 amide bonds. The Hall–Kier alpha value is -2.40. The molecule has 4 nitrogen and oxygen atoms in total. The van der Waals surface area contributed by atoms with E-state index in [9.17, 15) is 14.0 Å². The van der Waals surface area contributed by atoms with Crippen molar-refractivity contribution in [2.24, 2.45) is 5.92 Å². The highest BCUT2D eigenvalue weighted by atomic mass is 35.5. The van der Waals surface area contributed by atoms with Crippen molar-refractivity contribution >= 4 is 23.5 Å². The van der Waals surface area contributed by atoms with E-state index < -0.39 is 24.3 Å². The third kappa shape index (κ3) is 6.36. The Labute approximate surface area is 163 Å². The molecule has 0 bridgehead atoms. The first-order valence-electron chi connectivity index (χ1n) is 8.76. The summed E-state index contributed by atoms with van der Waals surface area (Å²) in [5, 5.41) is 2.72. The van der Waals surface area contributed by atoms with Gasteiger partial charge < -0.3 is 10.1 Å². The van der Waals surface area contributed by atoms with Crippen LogP contribution >= 0.6 is 11.6 Å². The van der Waals surface area contributed by atoms with Crippen LogP contribution in [0.1, 0.15) is 48.3 Å². The first-order chi connectivity index (χ1) is 12.8. The highest BCUT2D eigenvalue weighted by Gasteiger charge is 2.16. The Kier molecular flexibility index (Phi) is 7.36. The van der Waals surface area contributed by atoms with Gasteiger partial charge in [-0.1, -0.05) is 49.7 Å². The number of carbonyl (C=O) groups excluding carboxylic acids is 2. The lowest BCUT2D eigenvalue weighted by Crippen LogP contribution is -2.31. The van der Waals surface area contributed by atoms with Crippen LogP contribution in [0.15, 0.2) is 42.5 Å². The average molecular weight is 392 g/mol. The Morgan fingerprint density at radius 3 is 2.37 bits per heavy atom. The van der Waals surface area contributed by atoms with Crippen LogP contribution in [0.5, 0.6) is 0 Å². The highest BCUT2D eigenvalue weighted by Crippen LogP contribution is 2.18. The molecule has 0 aromatic heterocycles. The van der Waals surface area contributed by atoms with Gasteiger partial charge in [-0.2, -0.15) is 0 Å². The fourth-order valence-corrected chi connectivity index (χ4v) is 2.89. The molecule has 0 heterocycles. The molecule has 2 rings (SSSR count). The molecule has 144 valence electrons. The van der Waals surface area contributed by atoms with E-state index in [4.69, 9.17) is 16.3 Å². The maximum atomic E-state index is 13.0. The zero-order valence-corrected chi connectivity index (χ0v) is 16.3. The summed E-state index contributed by atoms with van der Waals surface area (Å²) >= 11 is 5.81. The molecular weight excluding hydrogens is 369 g/mol. The van der Waals surface area contributed by atoms with Crippen molar-refractivity contribution in [2.45, 2.75) is 33.2 Å². The molecule has 0 saturated carbocycles. The van der Waals surface area contributed by atoms with Crippen LogP contribution in [-0.2, 0) is 16.0 Å². The summed E-state index contributed by atoms with van der Waals surface area (Å²) < 4.78 is 18.0. The number of rotatable bonds is 7. The number of carbonyl (C=O) groups is 2. The number of amides is 1. The van der Waals surface area contributed by atoms with E-state index in [1.165, 1.54) is 11.6 Å². The molecule has 0 aliphatic rings. The van der Waals surface area contributed by atoms with Crippen molar-refractivity contribution in [3.63, 3.8) is 0 Å². The van der Waals surface area contributed by atoms with Crippen LogP contribution in [0, 0.1) is 11.7 Å². The summed E-state index contributed by atoms with van der Waals surface area (Å²) in [6, 6.07) is 11.2.